The molecular formula is C9H17N3O. The summed E-state index contributed by atoms with van der Waals surface area (Å²) in [6, 6.07) is 0.278. The highest BCUT2D eigenvalue weighted by atomic mass is 16.2. The summed E-state index contributed by atoms with van der Waals surface area (Å²) in [7, 11) is 1.84. The van der Waals surface area contributed by atoms with Gasteiger partial charge in [0, 0.05) is 13.1 Å². The Balaban J connectivity index is 1.98. The third-order valence-electron chi connectivity index (χ3n) is 3.64. The Bertz CT molecular complexity index is 219. The number of fused-ring (bicyclic) bond motifs is 2. The lowest BCUT2D eigenvalue weighted by Crippen LogP contribution is -2.48. The molecule has 0 radical (unpaired) electrons. The minimum absolute atomic E-state index is 0.155. The van der Waals surface area contributed by atoms with E-state index in [4.69, 9.17) is 5.84 Å². The molecule has 0 spiro atoms. The van der Waals surface area contributed by atoms with E-state index >= 15 is 0 Å². The van der Waals surface area contributed by atoms with Crippen molar-refractivity contribution in [1.82, 2.24) is 10.3 Å². The van der Waals surface area contributed by atoms with Gasteiger partial charge in [0.05, 0.1) is 0 Å². The third kappa shape index (κ3) is 1.39. The number of nitrogens with two attached hydrogens (primary N) is 1. The van der Waals surface area contributed by atoms with Crippen LogP contribution in [0.2, 0.25) is 0 Å². The van der Waals surface area contributed by atoms with Crippen molar-refractivity contribution in [2.24, 2.45) is 17.7 Å². The van der Waals surface area contributed by atoms with E-state index in [1.54, 1.807) is 4.90 Å². The van der Waals surface area contributed by atoms with Crippen LogP contribution in [0.1, 0.15) is 25.7 Å². The van der Waals surface area contributed by atoms with Gasteiger partial charge in [0.15, 0.2) is 0 Å². The molecule has 3 atom stereocenters. The fourth-order valence-electron chi connectivity index (χ4n) is 2.94. The summed E-state index contributed by atoms with van der Waals surface area (Å²) in [6.45, 7) is 0. The van der Waals surface area contributed by atoms with Crippen molar-refractivity contribution in [1.29, 1.82) is 0 Å². The van der Waals surface area contributed by atoms with E-state index in [1.165, 1.54) is 25.7 Å². The summed E-state index contributed by atoms with van der Waals surface area (Å²) in [5, 5.41) is 0. The van der Waals surface area contributed by atoms with Crippen LogP contribution in [0, 0.1) is 11.8 Å². The van der Waals surface area contributed by atoms with Gasteiger partial charge in [-0.1, -0.05) is 6.42 Å². The lowest BCUT2D eigenvalue weighted by atomic mass is 9.94. The average Bonchev–Trinajstić information content (AvgIpc) is 2.76. The van der Waals surface area contributed by atoms with Crippen molar-refractivity contribution in [2.75, 3.05) is 7.05 Å². The lowest BCUT2D eigenvalue weighted by Gasteiger charge is -2.30. The predicted octanol–water partition coefficient (Wildman–Crippen LogP) is 0.690. The Kier molecular flexibility index (Phi) is 2.15. The minimum atomic E-state index is -0.155. The van der Waals surface area contributed by atoms with E-state index in [0.717, 1.165) is 11.8 Å². The van der Waals surface area contributed by atoms with Crippen molar-refractivity contribution < 1.29 is 4.79 Å². The number of hydrogen-bond donors (Lipinski definition) is 2. The normalized spacial score (nSPS) is 36.3. The molecule has 2 amide bonds. The molecule has 2 aliphatic rings. The van der Waals surface area contributed by atoms with Gasteiger partial charge in [0.1, 0.15) is 0 Å². The topological polar surface area (TPSA) is 58.4 Å². The molecule has 3 N–H and O–H groups in total. The van der Waals surface area contributed by atoms with Gasteiger partial charge in [0.2, 0.25) is 0 Å². The molecule has 0 aromatic carbocycles. The van der Waals surface area contributed by atoms with Gasteiger partial charge >= 0.3 is 6.03 Å². The molecule has 2 saturated carbocycles. The van der Waals surface area contributed by atoms with Crippen molar-refractivity contribution in [3.63, 3.8) is 0 Å². The molecule has 4 nitrogen and oxygen atoms in total. The predicted molar refractivity (Wildman–Crippen MR) is 49.7 cm³/mol. The number of amides is 2. The van der Waals surface area contributed by atoms with Crippen molar-refractivity contribution in [3.8, 4) is 0 Å². The number of carbonyl (C=O) groups excluding carboxylic acids is 1. The van der Waals surface area contributed by atoms with Crippen molar-refractivity contribution in [3.05, 3.63) is 0 Å². The van der Waals surface area contributed by atoms with Crippen LogP contribution < -0.4 is 11.3 Å². The van der Waals surface area contributed by atoms with Crippen LogP contribution in [0.3, 0.4) is 0 Å². The first-order chi connectivity index (χ1) is 6.22. The fourth-order valence-corrected chi connectivity index (χ4v) is 2.94. The summed E-state index contributed by atoms with van der Waals surface area (Å²) in [6.07, 6.45) is 5.14. The lowest BCUT2D eigenvalue weighted by molar-refractivity contribution is 0.166. The molecule has 0 saturated heterocycles. The second-order valence-corrected chi connectivity index (χ2v) is 4.30. The molecule has 4 heteroatoms. The summed E-state index contributed by atoms with van der Waals surface area (Å²) in [5.41, 5.74) is 2.19. The Labute approximate surface area is 78.4 Å². The van der Waals surface area contributed by atoms with E-state index in [9.17, 15) is 4.79 Å². The van der Waals surface area contributed by atoms with Crippen molar-refractivity contribution >= 4 is 6.03 Å². The van der Waals surface area contributed by atoms with Gasteiger partial charge in [-0.15, -0.1) is 0 Å². The molecule has 3 unspecified atom stereocenters. The van der Waals surface area contributed by atoms with Crippen LogP contribution in [0.5, 0.6) is 0 Å². The number of urea groups is 1. The summed E-state index contributed by atoms with van der Waals surface area (Å²) < 4.78 is 0. The molecule has 13 heavy (non-hydrogen) atoms. The van der Waals surface area contributed by atoms with Crippen LogP contribution in [0.25, 0.3) is 0 Å². The summed E-state index contributed by atoms with van der Waals surface area (Å²) in [4.78, 5) is 13.0. The van der Waals surface area contributed by atoms with E-state index < -0.39 is 0 Å². The maximum Gasteiger partial charge on any atom is 0.331 e. The van der Waals surface area contributed by atoms with Gasteiger partial charge in [-0.3, -0.25) is 5.43 Å². The number of carbonyl (C=O) groups is 1. The fraction of sp³-hybridized carbons (Fsp3) is 0.889. The summed E-state index contributed by atoms with van der Waals surface area (Å²) in [5.74, 6) is 6.69. The number of rotatable bonds is 1. The third-order valence-corrected chi connectivity index (χ3v) is 3.64. The van der Waals surface area contributed by atoms with Gasteiger partial charge in [-0.2, -0.15) is 0 Å². The second kappa shape index (κ2) is 3.18. The largest absolute Gasteiger partial charge is 0.331 e. The zero-order chi connectivity index (χ0) is 9.42. The molecule has 2 aliphatic carbocycles. The van der Waals surface area contributed by atoms with Gasteiger partial charge in [-0.25, -0.2) is 10.6 Å². The van der Waals surface area contributed by atoms with Crippen molar-refractivity contribution in [2.45, 2.75) is 31.7 Å². The Morgan fingerprint density at radius 2 is 2.23 bits per heavy atom. The van der Waals surface area contributed by atoms with Crippen LogP contribution >= 0.6 is 0 Å². The number of hydrazine groups is 1. The first kappa shape index (κ1) is 8.81. The zero-order valence-electron chi connectivity index (χ0n) is 7.99. The average molecular weight is 183 g/mol. The first-order valence-corrected chi connectivity index (χ1v) is 4.95. The van der Waals surface area contributed by atoms with Gasteiger partial charge in [0.25, 0.3) is 0 Å². The van der Waals surface area contributed by atoms with E-state index in [2.05, 4.69) is 5.43 Å². The molecule has 2 bridgehead atoms. The molecular weight excluding hydrogens is 166 g/mol. The number of hydrogen-bond acceptors (Lipinski definition) is 2. The SMILES string of the molecule is CN(C(=O)NN)C1CC2CCC1C2. The maximum absolute atomic E-state index is 11.3. The van der Waals surface area contributed by atoms with Crippen LogP contribution in [0.4, 0.5) is 4.79 Å². The second-order valence-electron chi connectivity index (χ2n) is 4.30. The first-order valence-electron chi connectivity index (χ1n) is 4.95. The molecule has 2 fully saturated rings. The highest BCUT2D eigenvalue weighted by Crippen LogP contribution is 2.46. The standard InChI is InChI=1S/C9H17N3O/c1-12(9(13)11-10)8-5-6-2-3-7(8)4-6/h6-8H,2-5,10H2,1H3,(H,11,13). The number of nitrogens with zero attached hydrogens (tertiary/aromatic N) is 1. The molecule has 74 valence electrons. The van der Waals surface area contributed by atoms with Gasteiger partial charge in [-0.05, 0) is 31.1 Å². The van der Waals surface area contributed by atoms with E-state index in [0.29, 0.717) is 6.04 Å². The Hall–Kier alpha value is -0.770. The van der Waals surface area contributed by atoms with Gasteiger partial charge < -0.3 is 4.90 Å². The molecule has 2 rings (SSSR count). The Morgan fingerprint density at radius 3 is 2.69 bits per heavy atom. The summed E-state index contributed by atoms with van der Waals surface area (Å²) >= 11 is 0. The van der Waals surface area contributed by atoms with E-state index in [-0.39, 0.29) is 6.03 Å². The molecule has 0 aromatic rings. The maximum atomic E-state index is 11.3. The zero-order valence-corrected chi connectivity index (χ0v) is 7.99. The number of nitrogens with one attached hydrogen (secondary N) is 1. The van der Waals surface area contributed by atoms with E-state index in [1.807, 2.05) is 7.05 Å². The van der Waals surface area contributed by atoms with Crippen LogP contribution in [0.15, 0.2) is 0 Å². The molecule has 0 heterocycles. The smallest absolute Gasteiger partial charge is 0.324 e. The van der Waals surface area contributed by atoms with Crippen LogP contribution in [-0.2, 0) is 0 Å². The highest BCUT2D eigenvalue weighted by molar-refractivity contribution is 5.73. The van der Waals surface area contributed by atoms with Crippen LogP contribution in [-0.4, -0.2) is 24.0 Å². The molecule has 0 aliphatic heterocycles. The monoisotopic (exact) mass is 183 g/mol. The quantitative estimate of drug-likeness (QED) is 0.357. The molecule has 0 aromatic heterocycles. The minimum Gasteiger partial charge on any atom is -0.324 e. The highest BCUT2D eigenvalue weighted by Gasteiger charge is 2.42. The Morgan fingerprint density at radius 1 is 1.46 bits per heavy atom.